The Morgan fingerprint density at radius 1 is 1.27 bits per heavy atom. The summed E-state index contributed by atoms with van der Waals surface area (Å²) in [5.74, 6) is 0.599. The molecule has 4 heterocycles. The summed E-state index contributed by atoms with van der Waals surface area (Å²) in [6.07, 6.45) is 6.44. The lowest BCUT2D eigenvalue weighted by Crippen LogP contribution is -2.26. The molecule has 0 spiro atoms. The van der Waals surface area contributed by atoms with Crippen LogP contribution in [0.2, 0.25) is 0 Å². The van der Waals surface area contributed by atoms with E-state index in [2.05, 4.69) is 38.6 Å². The van der Waals surface area contributed by atoms with Gasteiger partial charge in [-0.05, 0) is 61.0 Å². The predicted molar refractivity (Wildman–Crippen MR) is 92.9 cm³/mol. The minimum Gasteiger partial charge on any atom is -0.317 e. The fraction of sp³-hybridized carbons (Fsp3) is 0.353. The molecule has 3 nitrogen and oxygen atoms in total. The Hall–Kier alpha value is -1.36. The molecule has 1 aliphatic rings. The van der Waals surface area contributed by atoms with Gasteiger partial charge in [0.15, 0.2) is 0 Å². The van der Waals surface area contributed by atoms with Gasteiger partial charge in [0.1, 0.15) is 11.1 Å². The summed E-state index contributed by atoms with van der Waals surface area (Å²) in [5, 5.41) is 6.75. The van der Waals surface area contributed by atoms with Crippen LogP contribution >= 0.6 is 22.9 Å². The van der Waals surface area contributed by atoms with E-state index in [1.54, 1.807) is 11.3 Å². The van der Waals surface area contributed by atoms with Crippen molar-refractivity contribution in [3.8, 4) is 0 Å². The van der Waals surface area contributed by atoms with Crippen molar-refractivity contribution < 1.29 is 0 Å². The van der Waals surface area contributed by atoms with E-state index < -0.39 is 0 Å². The number of nitrogens with one attached hydrogen (secondary N) is 1. The number of pyridine rings is 1. The molecule has 22 heavy (non-hydrogen) atoms. The first-order chi connectivity index (χ1) is 10.8. The number of hydrogen-bond donors (Lipinski definition) is 1. The van der Waals surface area contributed by atoms with Gasteiger partial charge in [-0.25, -0.2) is 4.98 Å². The second-order valence-electron chi connectivity index (χ2n) is 5.74. The molecule has 0 aromatic carbocycles. The van der Waals surface area contributed by atoms with E-state index in [1.807, 2.05) is 18.3 Å². The van der Waals surface area contributed by atoms with Crippen molar-refractivity contribution >= 4 is 34.0 Å². The van der Waals surface area contributed by atoms with Crippen molar-refractivity contribution in [2.75, 3.05) is 13.1 Å². The molecule has 1 atom stereocenters. The zero-order valence-corrected chi connectivity index (χ0v) is 13.8. The number of thiophene rings is 1. The zero-order chi connectivity index (χ0) is 14.9. The first-order valence-corrected chi connectivity index (χ1v) is 9.00. The summed E-state index contributed by atoms with van der Waals surface area (Å²) in [4.78, 5) is 5.75. The number of alkyl halides is 1. The van der Waals surface area contributed by atoms with E-state index >= 15 is 0 Å². The minimum atomic E-state index is -0.187. The highest BCUT2D eigenvalue weighted by Gasteiger charge is 2.23. The molecular formula is C17H18ClN3S. The highest BCUT2D eigenvalue weighted by Crippen LogP contribution is 2.36. The fourth-order valence-electron chi connectivity index (χ4n) is 3.30. The highest BCUT2D eigenvalue weighted by atomic mass is 35.5. The van der Waals surface area contributed by atoms with Crippen LogP contribution in [-0.2, 0) is 0 Å². The van der Waals surface area contributed by atoms with Gasteiger partial charge in [0.25, 0.3) is 0 Å². The Labute approximate surface area is 138 Å². The number of fused-ring (bicyclic) bond motifs is 1. The Bertz CT molecular complexity index is 759. The monoisotopic (exact) mass is 331 g/mol. The number of halogens is 1. The Morgan fingerprint density at radius 3 is 2.91 bits per heavy atom. The van der Waals surface area contributed by atoms with Gasteiger partial charge in [0, 0.05) is 22.7 Å². The van der Waals surface area contributed by atoms with Crippen LogP contribution in [-0.4, -0.2) is 22.6 Å². The molecule has 1 aliphatic heterocycles. The number of piperidine rings is 1. The van der Waals surface area contributed by atoms with Gasteiger partial charge in [-0.3, -0.25) is 0 Å². The topological polar surface area (TPSA) is 29.9 Å². The largest absolute Gasteiger partial charge is 0.317 e. The van der Waals surface area contributed by atoms with Gasteiger partial charge in [-0.2, -0.15) is 0 Å². The summed E-state index contributed by atoms with van der Waals surface area (Å²) in [6, 6.07) is 8.32. The Kier molecular flexibility index (Phi) is 3.90. The van der Waals surface area contributed by atoms with E-state index in [4.69, 9.17) is 11.6 Å². The quantitative estimate of drug-likeness (QED) is 0.723. The first-order valence-electron chi connectivity index (χ1n) is 7.68. The van der Waals surface area contributed by atoms with Gasteiger partial charge in [0.05, 0.1) is 0 Å². The summed E-state index contributed by atoms with van der Waals surface area (Å²) < 4.78 is 2.13. The standard InChI is InChI=1S/C17H18ClN3S/c18-16(15-4-2-10-22-15)21-11-14(12-5-8-19-9-6-12)13-3-1-7-20-17(13)21/h1-4,7,10-12,16,19H,5-6,8-9H2/t16-/m1/s1. The Balaban J connectivity index is 1.81. The van der Waals surface area contributed by atoms with Gasteiger partial charge in [-0.1, -0.05) is 17.7 Å². The van der Waals surface area contributed by atoms with E-state index in [0.717, 1.165) is 23.6 Å². The third-order valence-corrected chi connectivity index (χ3v) is 5.92. The van der Waals surface area contributed by atoms with Gasteiger partial charge < -0.3 is 9.88 Å². The van der Waals surface area contributed by atoms with Crippen LogP contribution in [0.1, 0.15) is 34.7 Å². The smallest absolute Gasteiger partial charge is 0.144 e. The fourth-order valence-corrected chi connectivity index (χ4v) is 4.38. The van der Waals surface area contributed by atoms with Crippen LogP contribution in [0, 0.1) is 0 Å². The van der Waals surface area contributed by atoms with Crippen molar-refractivity contribution in [3.63, 3.8) is 0 Å². The lowest BCUT2D eigenvalue weighted by Gasteiger charge is -2.22. The summed E-state index contributed by atoms with van der Waals surface area (Å²) in [6.45, 7) is 2.18. The molecule has 3 aromatic heterocycles. The predicted octanol–water partition coefficient (Wildman–Crippen LogP) is 4.35. The van der Waals surface area contributed by atoms with Crippen molar-refractivity contribution in [1.82, 2.24) is 14.9 Å². The van der Waals surface area contributed by atoms with Crippen LogP contribution in [0.4, 0.5) is 0 Å². The summed E-state index contributed by atoms with van der Waals surface area (Å²) in [7, 11) is 0. The third kappa shape index (κ3) is 2.45. The molecule has 1 fully saturated rings. The summed E-state index contributed by atoms with van der Waals surface area (Å²) >= 11 is 8.41. The molecule has 1 saturated heterocycles. The van der Waals surface area contributed by atoms with Crippen LogP contribution in [0.3, 0.4) is 0 Å². The highest BCUT2D eigenvalue weighted by molar-refractivity contribution is 7.10. The first kappa shape index (κ1) is 14.2. The number of aromatic nitrogens is 2. The van der Waals surface area contributed by atoms with E-state index in [0.29, 0.717) is 5.92 Å². The average molecular weight is 332 g/mol. The Morgan fingerprint density at radius 2 is 2.14 bits per heavy atom. The molecule has 0 unspecified atom stereocenters. The second kappa shape index (κ2) is 6.03. The van der Waals surface area contributed by atoms with Gasteiger partial charge in [0.2, 0.25) is 0 Å². The summed E-state index contributed by atoms with van der Waals surface area (Å²) in [5.41, 5.74) is 2.20. The van der Waals surface area contributed by atoms with E-state index in [1.165, 1.54) is 23.8 Å². The molecular weight excluding hydrogens is 314 g/mol. The average Bonchev–Trinajstić information content (AvgIpc) is 3.23. The molecule has 0 aliphatic carbocycles. The van der Waals surface area contributed by atoms with Crippen molar-refractivity contribution in [3.05, 3.63) is 52.5 Å². The zero-order valence-electron chi connectivity index (χ0n) is 12.2. The maximum atomic E-state index is 6.73. The van der Waals surface area contributed by atoms with Gasteiger partial charge >= 0.3 is 0 Å². The van der Waals surface area contributed by atoms with E-state index in [9.17, 15) is 0 Å². The molecule has 3 aromatic rings. The molecule has 114 valence electrons. The number of hydrogen-bond acceptors (Lipinski definition) is 3. The van der Waals surface area contributed by atoms with Crippen LogP contribution in [0.5, 0.6) is 0 Å². The molecule has 4 rings (SSSR count). The maximum absolute atomic E-state index is 6.73. The van der Waals surface area contributed by atoms with Crippen LogP contribution in [0.15, 0.2) is 42.0 Å². The molecule has 0 saturated carbocycles. The second-order valence-corrected chi connectivity index (χ2v) is 7.13. The van der Waals surface area contributed by atoms with Crippen LogP contribution in [0.25, 0.3) is 11.0 Å². The lowest BCUT2D eigenvalue weighted by molar-refractivity contribution is 0.461. The van der Waals surface area contributed by atoms with Crippen molar-refractivity contribution in [1.29, 1.82) is 0 Å². The minimum absolute atomic E-state index is 0.187. The normalized spacial score (nSPS) is 17.9. The van der Waals surface area contributed by atoms with Crippen molar-refractivity contribution in [2.45, 2.75) is 24.3 Å². The molecule has 0 amide bonds. The number of nitrogens with zero attached hydrogens (tertiary/aromatic N) is 2. The SMILES string of the molecule is Cl[C@@H](c1cccs1)n1cc(C2CCNCC2)c2cccnc21. The molecule has 5 heteroatoms. The van der Waals surface area contributed by atoms with E-state index in [-0.39, 0.29) is 5.50 Å². The molecule has 0 radical (unpaired) electrons. The van der Waals surface area contributed by atoms with Crippen molar-refractivity contribution in [2.24, 2.45) is 0 Å². The van der Waals surface area contributed by atoms with Gasteiger partial charge in [-0.15, -0.1) is 11.3 Å². The third-order valence-electron chi connectivity index (χ3n) is 4.42. The molecule has 1 N–H and O–H groups in total. The maximum Gasteiger partial charge on any atom is 0.144 e. The molecule has 0 bridgehead atoms. The lowest BCUT2D eigenvalue weighted by atomic mass is 9.90. The van der Waals surface area contributed by atoms with Crippen LogP contribution < -0.4 is 5.32 Å². The number of rotatable bonds is 3.